The Labute approximate surface area is 502 Å². The van der Waals surface area contributed by atoms with Crippen molar-refractivity contribution in [2.45, 2.75) is 50.9 Å². The number of aromatic nitrogens is 2. The largest absolute Gasteiger partial charge is 0.416 e. The van der Waals surface area contributed by atoms with E-state index in [0.29, 0.717) is 66.2 Å². The van der Waals surface area contributed by atoms with Crippen molar-refractivity contribution < 1.29 is 26.3 Å². The lowest BCUT2D eigenvalue weighted by atomic mass is 9.70. The summed E-state index contributed by atoms with van der Waals surface area (Å²) in [5.74, 6) is 0. The monoisotopic (exact) mass is 1160 g/mol. The SMILES string of the molecule is CC1(C)c2ccccc2N(c2ccccc2)c2c(-c3c(-c4cccc5c4N(c4ccccc4)c4ccccc4C5(C)C)c(-n4c5ccccc5c5ccc(C(F)(F)F)cc54)c(C#N)c(C#N)c3-n3c4ccccc4c4ccc(C(F)(F)F)cc43)cccc21. The zero-order valence-electron chi connectivity index (χ0n) is 47.9. The molecule has 2 aliphatic rings. The van der Waals surface area contributed by atoms with E-state index in [1.807, 2.05) is 121 Å². The van der Waals surface area contributed by atoms with Crippen molar-refractivity contribution in [2.75, 3.05) is 9.80 Å². The van der Waals surface area contributed by atoms with Crippen LogP contribution >= 0.6 is 0 Å². The second kappa shape index (κ2) is 19.3. The maximum absolute atomic E-state index is 15.5. The molecule has 0 bridgehead atoms. The van der Waals surface area contributed by atoms with Crippen LogP contribution in [0.2, 0.25) is 0 Å². The zero-order chi connectivity index (χ0) is 60.8. The molecular weight excluding hydrogens is 1110 g/mol. The van der Waals surface area contributed by atoms with Gasteiger partial charge < -0.3 is 18.9 Å². The van der Waals surface area contributed by atoms with Crippen LogP contribution in [0.15, 0.2) is 231 Å². The van der Waals surface area contributed by atoms with E-state index in [-0.39, 0.29) is 33.5 Å². The maximum atomic E-state index is 15.5. The van der Waals surface area contributed by atoms with Crippen molar-refractivity contribution in [3.63, 3.8) is 0 Å². The average Bonchev–Trinajstić information content (AvgIpc) is 1.17. The number of benzene rings is 11. The maximum Gasteiger partial charge on any atom is 0.416 e. The molecule has 0 N–H and O–H groups in total. The van der Waals surface area contributed by atoms with Gasteiger partial charge >= 0.3 is 12.4 Å². The Morgan fingerprint density at radius 3 is 1.07 bits per heavy atom. The van der Waals surface area contributed by atoms with E-state index in [4.69, 9.17) is 0 Å². The van der Waals surface area contributed by atoms with E-state index in [1.54, 1.807) is 45.5 Å². The van der Waals surface area contributed by atoms with Crippen LogP contribution in [0.3, 0.4) is 0 Å². The Balaban J connectivity index is 1.27. The molecule has 0 atom stereocenters. The second-order valence-electron chi connectivity index (χ2n) is 23.6. The van der Waals surface area contributed by atoms with Gasteiger partial charge in [0.15, 0.2) is 0 Å². The minimum Gasteiger partial charge on any atom is -0.309 e. The van der Waals surface area contributed by atoms with Crippen LogP contribution in [0.4, 0.5) is 60.5 Å². The minimum absolute atomic E-state index is 0.0949. The second-order valence-corrected chi connectivity index (χ2v) is 23.6. The summed E-state index contributed by atoms with van der Waals surface area (Å²) in [6.45, 7) is 8.60. The molecule has 0 fully saturated rings. The Bertz CT molecular complexity index is 4850. The molecule has 0 radical (unpaired) electrons. The summed E-state index contributed by atoms with van der Waals surface area (Å²) in [6.07, 6.45) is -9.62. The third-order valence-electron chi connectivity index (χ3n) is 18.2. The van der Waals surface area contributed by atoms with Crippen LogP contribution < -0.4 is 9.80 Å². The fourth-order valence-electron chi connectivity index (χ4n) is 14.3. The first-order valence-electron chi connectivity index (χ1n) is 28.9. The first kappa shape index (κ1) is 53.9. The molecule has 0 unspecified atom stereocenters. The van der Waals surface area contributed by atoms with Crippen LogP contribution in [0, 0.1) is 22.7 Å². The van der Waals surface area contributed by atoms with Gasteiger partial charge in [-0.1, -0.05) is 185 Å². The van der Waals surface area contributed by atoms with Gasteiger partial charge in [0, 0.05) is 66.0 Å². The highest BCUT2D eigenvalue weighted by Gasteiger charge is 2.44. The van der Waals surface area contributed by atoms with Crippen molar-refractivity contribution in [3.8, 4) is 45.8 Å². The van der Waals surface area contributed by atoms with E-state index < -0.39 is 34.3 Å². The van der Waals surface area contributed by atoms with Gasteiger partial charge in [-0.2, -0.15) is 36.9 Å². The van der Waals surface area contributed by atoms with E-state index in [0.717, 1.165) is 69.3 Å². The lowest BCUT2D eigenvalue weighted by Crippen LogP contribution is -2.31. The van der Waals surface area contributed by atoms with Crippen LogP contribution in [0.1, 0.15) is 72.2 Å². The highest BCUT2D eigenvalue weighted by molar-refractivity contribution is 6.16. The average molecular weight is 1160 g/mol. The van der Waals surface area contributed by atoms with Crippen LogP contribution in [0.25, 0.3) is 77.2 Å². The third-order valence-corrected chi connectivity index (χ3v) is 18.2. The molecule has 13 aromatic rings. The molecular formula is C76H50F6N6. The molecule has 2 aromatic heterocycles. The summed E-state index contributed by atoms with van der Waals surface area (Å²) in [7, 11) is 0. The number of nitriles is 2. The van der Waals surface area contributed by atoms with Crippen molar-refractivity contribution in [1.82, 2.24) is 9.13 Å². The van der Waals surface area contributed by atoms with E-state index >= 15 is 26.3 Å². The Hall–Kier alpha value is -10.8. The first-order valence-corrected chi connectivity index (χ1v) is 28.9. The van der Waals surface area contributed by atoms with Crippen LogP contribution in [0.5, 0.6) is 0 Å². The number of hydrogen-bond donors (Lipinski definition) is 0. The number of anilines is 6. The van der Waals surface area contributed by atoms with Gasteiger partial charge in [-0.3, -0.25) is 0 Å². The molecule has 2 aliphatic heterocycles. The molecule has 0 amide bonds. The molecule has 12 heteroatoms. The zero-order valence-corrected chi connectivity index (χ0v) is 47.9. The number of halogens is 6. The summed E-state index contributed by atoms with van der Waals surface area (Å²) in [5.41, 5.74) is 7.51. The van der Waals surface area contributed by atoms with Crippen LogP contribution in [-0.2, 0) is 23.2 Å². The number of hydrogen-bond acceptors (Lipinski definition) is 4. The summed E-state index contributed by atoms with van der Waals surface area (Å²) >= 11 is 0. The molecule has 0 spiro atoms. The highest BCUT2D eigenvalue weighted by atomic mass is 19.4. The fraction of sp³-hybridized carbons (Fsp3) is 0.105. The van der Waals surface area contributed by atoms with Crippen LogP contribution in [-0.4, -0.2) is 9.13 Å². The summed E-state index contributed by atoms with van der Waals surface area (Å²) in [6, 6.07) is 74.6. The van der Waals surface area contributed by atoms with Gasteiger partial charge in [0.1, 0.15) is 12.1 Å². The molecule has 88 heavy (non-hydrogen) atoms. The fourth-order valence-corrected chi connectivity index (χ4v) is 14.3. The highest BCUT2D eigenvalue weighted by Crippen LogP contribution is 2.62. The number of rotatable bonds is 6. The van der Waals surface area contributed by atoms with E-state index in [9.17, 15) is 10.5 Å². The molecule has 0 saturated carbocycles. The molecule has 11 aromatic carbocycles. The number of nitrogens with zero attached hydrogens (tertiary/aromatic N) is 6. The van der Waals surface area contributed by atoms with E-state index in [1.165, 1.54) is 12.1 Å². The standard InChI is InChI=1S/C76H50F6N6/c1-73(2)57-29-13-17-35-63(57)85(47-21-7-5-8-22-47)69-53(27-19-31-59(69)73)67-68(54-28-20-32-60-70(54)86(48-23-9-6-10-24-48)64-36-18-14-30-58(64)74(60,3)4)72(88-62-34-16-12-26-50(62)52-40-38-46(42-66(52)88)76(80,81)82)56(44-84)55(43-83)71(67)87-61-33-15-11-25-49(61)51-39-37-45(41-65(51)87)75(77,78)79/h5-42H,1-4H3. The summed E-state index contributed by atoms with van der Waals surface area (Å²) in [5, 5.41) is 27.0. The van der Waals surface area contributed by atoms with E-state index in [2.05, 4.69) is 86.0 Å². The van der Waals surface area contributed by atoms with Crippen molar-refractivity contribution >= 4 is 77.7 Å². The predicted molar refractivity (Wildman–Crippen MR) is 339 cm³/mol. The van der Waals surface area contributed by atoms with Gasteiger partial charge in [-0.05, 0) is 95.1 Å². The van der Waals surface area contributed by atoms with Crippen molar-refractivity contribution in [2.24, 2.45) is 0 Å². The Morgan fingerprint density at radius 2 is 0.682 bits per heavy atom. The molecule has 426 valence electrons. The van der Waals surface area contributed by atoms with Gasteiger partial charge in [0.2, 0.25) is 0 Å². The molecule has 4 heterocycles. The third kappa shape index (κ3) is 7.74. The lowest BCUT2D eigenvalue weighted by molar-refractivity contribution is -0.138. The molecule has 0 aliphatic carbocycles. The summed E-state index contributed by atoms with van der Waals surface area (Å²) < 4.78 is 96.2. The number of alkyl halides is 6. The minimum atomic E-state index is -4.81. The molecule has 15 rings (SSSR count). The quantitative estimate of drug-likeness (QED) is 0.156. The van der Waals surface area contributed by atoms with Gasteiger partial charge in [-0.15, -0.1) is 0 Å². The van der Waals surface area contributed by atoms with Gasteiger partial charge in [-0.25, -0.2) is 0 Å². The Morgan fingerprint density at radius 1 is 0.341 bits per heavy atom. The topological polar surface area (TPSA) is 63.9 Å². The van der Waals surface area contributed by atoms with Gasteiger partial charge in [0.25, 0.3) is 0 Å². The van der Waals surface area contributed by atoms with Crippen molar-refractivity contribution in [3.05, 3.63) is 275 Å². The van der Waals surface area contributed by atoms with Crippen molar-refractivity contribution in [1.29, 1.82) is 10.5 Å². The molecule has 0 saturated heterocycles. The lowest BCUT2D eigenvalue weighted by Gasteiger charge is -2.44. The number of para-hydroxylation sites is 8. The Kier molecular flexibility index (Phi) is 11.8. The molecule has 6 nitrogen and oxygen atoms in total. The first-order chi connectivity index (χ1) is 42.4. The smallest absolute Gasteiger partial charge is 0.309 e. The summed E-state index contributed by atoms with van der Waals surface area (Å²) in [4.78, 5) is 4.37. The predicted octanol–water partition coefficient (Wildman–Crippen LogP) is 21.2. The van der Waals surface area contributed by atoms with Gasteiger partial charge in [0.05, 0.1) is 78.4 Å². The number of fused-ring (bicyclic) bond motifs is 10. The normalized spacial score (nSPS) is 14.1.